The minimum absolute atomic E-state index is 0.164. The van der Waals surface area contributed by atoms with Crippen molar-refractivity contribution in [3.8, 4) is 0 Å². The van der Waals surface area contributed by atoms with Crippen LogP contribution in [-0.4, -0.2) is 33.5 Å². The topological polar surface area (TPSA) is 52.0 Å². The van der Waals surface area contributed by atoms with Gasteiger partial charge in [-0.1, -0.05) is 13.8 Å². The van der Waals surface area contributed by atoms with Gasteiger partial charge in [0, 0.05) is 6.61 Å². The molecule has 1 aliphatic heterocycles. The predicted molar refractivity (Wildman–Crippen MR) is 77.4 cm³/mol. The molecule has 3 rings (SSSR count). The molecule has 1 saturated heterocycles. The summed E-state index contributed by atoms with van der Waals surface area (Å²) in [5.41, 5.74) is 0.164. The summed E-state index contributed by atoms with van der Waals surface area (Å²) in [6, 6.07) is 0.461. The highest BCUT2D eigenvalue weighted by Gasteiger charge is 2.43. The van der Waals surface area contributed by atoms with Crippen LogP contribution in [0.2, 0.25) is 0 Å². The minimum atomic E-state index is 0.164. The van der Waals surface area contributed by atoms with E-state index < -0.39 is 0 Å². The van der Waals surface area contributed by atoms with Crippen LogP contribution in [0.25, 0.3) is 0 Å². The molecule has 1 aromatic rings. The summed E-state index contributed by atoms with van der Waals surface area (Å²) in [5, 5.41) is 7.93. The van der Waals surface area contributed by atoms with E-state index in [9.17, 15) is 0 Å². The number of aromatic nitrogens is 3. The molecular formula is C15H26N4O. The van der Waals surface area contributed by atoms with Crippen molar-refractivity contribution in [2.75, 3.05) is 13.2 Å². The highest BCUT2D eigenvalue weighted by Crippen LogP contribution is 2.45. The maximum atomic E-state index is 6.01. The Balaban J connectivity index is 1.63. The normalized spacial score (nSPS) is 25.1. The maximum Gasteiger partial charge on any atom is 0.141 e. The van der Waals surface area contributed by atoms with Crippen LogP contribution in [0.15, 0.2) is 6.33 Å². The fraction of sp³-hybridized carbons (Fsp3) is 0.867. The average Bonchev–Trinajstić information content (AvgIpc) is 2.85. The van der Waals surface area contributed by atoms with E-state index in [1.54, 1.807) is 6.33 Å². The summed E-state index contributed by atoms with van der Waals surface area (Å²) < 4.78 is 8.14. The van der Waals surface area contributed by atoms with Crippen LogP contribution in [0.5, 0.6) is 0 Å². The zero-order valence-corrected chi connectivity index (χ0v) is 12.6. The Bertz CT molecular complexity index is 439. The van der Waals surface area contributed by atoms with Gasteiger partial charge in [-0.25, -0.2) is 9.67 Å². The molecule has 1 aliphatic carbocycles. The van der Waals surface area contributed by atoms with E-state index >= 15 is 0 Å². The lowest BCUT2D eigenvalue weighted by molar-refractivity contribution is -0.141. The first-order valence-corrected chi connectivity index (χ1v) is 7.92. The van der Waals surface area contributed by atoms with E-state index in [4.69, 9.17) is 4.74 Å². The van der Waals surface area contributed by atoms with E-state index in [0.717, 1.165) is 38.4 Å². The largest absolute Gasteiger partial charge is 0.375 e. The first-order chi connectivity index (χ1) is 9.69. The molecule has 0 bridgehead atoms. The Morgan fingerprint density at radius 1 is 1.50 bits per heavy atom. The number of rotatable bonds is 5. The average molecular weight is 278 g/mol. The number of nitrogens with one attached hydrogen (secondary N) is 1. The van der Waals surface area contributed by atoms with Gasteiger partial charge in [-0.2, -0.15) is 5.10 Å². The Morgan fingerprint density at radius 3 is 3.05 bits per heavy atom. The van der Waals surface area contributed by atoms with E-state index in [0.29, 0.717) is 12.0 Å². The molecule has 1 spiro atoms. The Morgan fingerprint density at radius 2 is 2.35 bits per heavy atom. The lowest BCUT2D eigenvalue weighted by Gasteiger charge is -2.47. The van der Waals surface area contributed by atoms with E-state index in [1.165, 1.54) is 19.3 Å². The minimum Gasteiger partial charge on any atom is -0.375 e. The molecule has 1 unspecified atom stereocenters. The number of nitrogens with zero attached hydrogens (tertiary/aromatic N) is 3. The van der Waals surface area contributed by atoms with Crippen molar-refractivity contribution in [1.82, 2.24) is 20.1 Å². The van der Waals surface area contributed by atoms with Crippen molar-refractivity contribution in [1.29, 1.82) is 0 Å². The van der Waals surface area contributed by atoms with Gasteiger partial charge in [-0.05, 0) is 44.6 Å². The monoisotopic (exact) mass is 278 g/mol. The zero-order chi connectivity index (χ0) is 14.0. The lowest BCUT2D eigenvalue weighted by atomic mass is 9.74. The molecule has 0 radical (unpaired) electrons. The summed E-state index contributed by atoms with van der Waals surface area (Å²) in [5.74, 6) is 1.72. The predicted octanol–water partition coefficient (Wildman–Crippen LogP) is 2.30. The maximum absolute atomic E-state index is 6.01. The van der Waals surface area contributed by atoms with Crippen LogP contribution in [0.4, 0.5) is 0 Å². The van der Waals surface area contributed by atoms with E-state index in [1.807, 2.05) is 0 Å². The Labute approximate surface area is 121 Å². The molecule has 5 heteroatoms. The van der Waals surface area contributed by atoms with Gasteiger partial charge in [0.2, 0.25) is 0 Å². The molecular weight excluding hydrogens is 252 g/mol. The molecule has 2 heterocycles. The highest BCUT2D eigenvalue weighted by atomic mass is 16.5. The molecule has 2 aliphatic rings. The first kappa shape index (κ1) is 14.0. The number of hydrogen-bond acceptors (Lipinski definition) is 4. The van der Waals surface area contributed by atoms with Gasteiger partial charge in [-0.3, -0.25) is 0 Å². The van der Waals surface area contributed by atoms with E-state index in [2.05, 4.69) is 33.9 Å². The van der Waals surface area contributed by atoms with Crippen molar-refractivity contribution in [2.24, 2.45) is 5.92 Å². The van der Waals surface area contributed by atoms with Crippen LogP contribution in [-0.2, 0) is 11.3 Å². The van der Waals surface area contributed by atoms with Gasteiger partial charge >= 0.3 is 0 Å². The highest BCUT2D eigenvalue weighted by molar-refractivity contribution is 4.97. The molecule has 1 atom stereocenters. The lowest BCUT2D eigenvalue weighted by Crippen LogP contribution is -2.46. The Hall–Kier alpha value is -0.940. The molecule has 0 amide bonds. The van der Waals surface area contributed by atoms with Crippen molar-refractivity contribution in [2.45, 2.75) is 64.1 Å². The second-order valence-corrected chi connectivity index (χ2v) is 6.68. The van der Waals surface area contributed by atoms with Gasteiger partial charge in [0.05, 0.1) is 18.2 Å². The van der Waals surface area contributed by atoms with Gasteiger partial charge in [-0.15, -0.1) is 0 Å². The van der Waals surface area contributed by atoms with Crippen molar-refractivity contribution in [3.63, 3.8) is 0 Å². The quantitative estimate of drug-likeness (QED) is 0.898. The van der Waals surface area contributed by atoms with Crippen molar-refractivity contribution in [3.05, 3.63) is 12.2 Å². The second kappa shape index (κ2) is 5.82. The third-order valence-corrected chi connectivity index (χ3v) is 4.56. The number of ether oxygens (including phenoxy) is 1. The first-order valence-electron chi connectivity index (χ1n) is 7.92. The zero-order valence-electron chi connectivity index (χ0n) is 12.6. The van der Waals surface area contributed by atoms with Gasteiger partial charge in [0.1, 0.15) is 12.2 Å². The molecule has 1 N–H and O–H groups in total. The third-order valence-electron chi connectivity index (χ3n) is 4.56. The summed E-state index contributed by atoms with van der Waals surface area (Å²) in [4.78, 5) is 4.43. The van der Waals surface area contributed by atoms with Crippen molar-refractivity contribution >= 4 is 0 Å². The molecule has 112 valence electrons. The SMILES string of the molecule is CC(C)CNCc1ncnn1C1CCOC2(CCC2)C1. The smallest absolute Gasteiger partial charge is 0.141 e. The molecule has 1 saturated carbocycles. The summed E-state index contributed by atoms with van der Waals surface area (Å²) in [6.07, 6.45) is 7.61. The van der Waals surface area contributed by atoms with Gasteiger partial charge in [0.25, 0.3) is 0 Å². The molecule has 20 heavy (non-hydrogen) atoms. The van der Waals surface area contributed by atoms with Crippen LogP contribution < -0.4 is 5.32 Å². The van der Waals surface area contributed by atoms with Crippen LogP contribution in [0, 0.1) is 5.92 Å². The Kier molecular flexibility index (Phi) is 4.08. The van der Waals surface area contributed by atoms with E-state index in [-0.39, 0.29) is 5.60 Å². The van der Waals surface area contributed by atoms with Gasteiger partial charge in [0.15, 0.2) is 0 Å². The summed E-state index contributed by atoms with van der Waals surface area (Å²) in [7, 11) is 0. The van der Waals surface area contributed by atoms with Crippen LogP contribution in [0.3, 0.4) is 0 Å². The molecule has 5 nitrogen and oxygen atoms in total. The summed E-state index contributed by atoms with van der Waals surface area (Å²) >= 11 is 0. The fourth-order valence-electron chi connectivity index (χ4n) is 3.31. The van der Waals surface area contributed by atoms with Gasteiger partial charge < -0.3 is 10.1 Å². The molecule has 0 aromatic carbocycles. The molecule has 2 fully saturated rings. The number of hydrogen-bond donors (Lipinski definition) is 1. The summed E-state index contributed by atoms with van der Waals surface area (Å²) in [6.45, 7) is 7.13. The van der Waals surface area contributed by atoms with Crippen LogP contribution >= 0.6 is 0 Å². The molecule has 1 aromatic heterocycles. The standard InChI is InChI=1S/C15H26N4O/c1-12(2)9-16-10-14-17-11-18-19(14)13-4-7-20-15(8-13)5-3-6-15/h11-13,16H,3-10H2,1-2H3. The fourth-order valence-corrected chi connectivity index (χ4v) is 3.31. The third kappa shape index (κ3) is 2.88. The van der Waals surface area contributed by atoms with Crippen molar-refractivity contribution < 1.29 is 4.74 Å². The van der Waals surface area contributed by atoms with Crippen LogP contribution in [0.1, 0.15) is 57.8 Å². The second-order valence-electron chi connectivity index (χ2n) is 6.68.